The molecule has 1 atom stereocenters. The summed E-state index contributed by atoms with van der Waals surface area (Å²) in [4.78, 5) is 18.8. The zero-order valence-corrected chi connectivity index (χ0v) is 13.9. The lowest BCUT2D eigenvalue weighted by molar-refractivity contribution is 0.112. The smallest absolute Gasteiger partial charge is 0.186 e. The third kappa shape index (κ3) is 3.50. The normalized spacial score (nSPS) is 12.2. The Labute approximate surface area is 130 Å². The molecule has 0 aliphatic heterocycles. The van der Waals surface area contributed by atoms with Gasteiger partial charge in [0, 0.05) is 13.6 Å². The lowest BCUT2D eigenvalue weighted by Gasteiger charge is -2.17. The molecule has 0 spiro atoms. The number of carbonyl (C=O) groups is 1. The quantitative estimate of drug-likeness (QED) is 0.741. The van der Waals surface area contributed by atoms with Gasteiger partial charge in [-0.1, -0.05) is 49.4 Å². The first kappa shape index (κ1) is 15.7. The van der Waals surface area contributed by atoms with Crippen LogP contribution in [0.3, 0.4) is 0 Å². The zero-order chi connectivity index (χ0) is 15.4. The number of thiazole rings is 1. The van der Waals surface area contributed by atoms with Crippen molar-refractivity contribution in [3.63, 3.8) is 0 Å². The Balaban J connectivity index is 2.23. The van der Waals surface area contributed by atoms with E-state index in [2.05, 4.69) is 43.9 Å². The van der Waals surface area contributed by atoms with Crippen LogP contribution in [0.4, 0.5) is 5.13 Å². The fraction of sp³-hybridized carbons (Fsp3) is 0.412. The van der Waals surface area contributed by atoms with Crippen LogP contribution in [0.15, 0.2) is 24.3 Å². The monoisotopic (exact) mass is 302 g/mol. The molecule has 1 aromatic heterocycles. The molecule has 1 aromatic carbocycles. The highest BCUT2D eigenvalue weighted by molar-refractivity contribution is 7.17. The van der Waals surface area contributed by atoms with E-state index in [0.29, 0.717) is 5.92 Å². The van der Waals surface area contributed by atoms with E-state index in [9.17, 15) is 4.79 Å². The fourth-order valence-electron chi connectivity index (χ4n) is 2.24. The predicted octanol–water partition coefficient (Wildman–Crippen LogP) is 4.41. The summed E-state index contributed by atoms with van der Waals surface area (Å²) in [5, 5.41) is 0.913. The molecule has 0 aliphatic carbocycles. The lowest BCUT2D eigenvalue weighted by Crippen LogP contribution is -2.16. The number of aromatic nitrogens is 1. The number of rotatable bonds is 6. The van der Waals surface area contributed by atoms with Gasteiger partial charge in [-0.25, -0.2) is 4.98 Å². The van der Waals surface area contributed by atoms with Gasteiger partial charge in [-0.3, -0.25) is 4.79 Å². The first-order chi connectivity index (χ1) is 10.1. The Morgan fingerprint density at radius 3 is 2.71 bits per heavy atom. The molecule has 0 bridgehead atoms. The van der Waals surface area contributed by atoms with Crippen molar-refractivity contribution in [2.75, 3.05) is 11.9 Å². The van der Waals surface area contributed by atoms with Gasteiger partial charge in [-0.05, 0) is 30.4 Å². The second kappa shape index (κ2) is 6.85. The molecule has 0 radical (unpaired) electrons. The fourth-order valence-corrected chi connectivity index (χ4v) is 3.20. The summed E-state index contributed by atoms with van der Waals surface area (Å²) in [5.41, 5.74) is 3.50. The van der Waals surface area contributed by atoms with E-state index in [4.69, 9.17) is 4.98 Å². The molecular formula is C17H22N2OS. The highest BCUT2D eigenvalue weighted by atomic mass is 32.1. The largest absolute Gasteiger partial charge is 0.347 e. The van der Waals surface area contributed by atoms with Gasteiger partial charge in [-0.2, -0.15) is 0 Å². The number of aldehydes is 1. The van der Waals surface area contributed by atoms with E-state index in [-0.39, 0.29) is 0 Å². The Morgan fingerprint density at radius 1 is 1.38 bits per heavy atom. The molecule has 4 heteroatoms. The Bertz CT molecular complexity index is 621. The highest BCUT2D eigenvalue weighted by Gasteiger charge is 2.17. The van der Waals surface area contributed by atoms with Crippen LogP contribution in [0.1, 0.15) is 52.7 Å². The van der Waals surface area contributed by atoms with Crippen LogP contribution in [0.2, 0.25) is 0 Å². The molecule has 21 heavy (non-hydrogen) atoms. The molecule has 0 aliphatic rings. The maximum Gasteiger partial charge on any atom is 0.186 e. The molecule has 3 nitrogen and oxygen atoms in total. The van der Waals surface area contributed by atoms with Crippen LogP contribution in [0, 0.1) is 6.92 Å². The van der Waals surface area contributed by atoms with Crippen LogP contribution in [0.25, 0.3) is 0 Å². The van der Waals surface area contributed by atoms with Crippen molar-refractivity contribution in [2.45, 2.75) is 39.7 Å². The van der Waals surface area contributed by atoms with Crippen molar-refractivity contribution in [3.8, 4) is 0 Å². The maximum absolute atomic E-state index is 11.2. The zero-order valence-electron chi connectivity index (χ0n) is 13.1. The minimum absolute atomic E-state index is 0.321. The second-order valence-electron chi connectivity index (χ2n) is 5.46. The number of benzene rings is 1. The van der Waals surface area contributed by atoms with Gasteiger partial charge in [-0.15, -0.1) is 0 Å². The SMILES string of the molecule is CCC(C)c1nc(N(C)Cc2ccccc2C)sc1C=O. The molecule has 0 N–H and O–H groups in total. The molecule has 0 amide bonds. The number of nitrogens with zero attached hydrogens (tertiary/aromatic N) is 2. The Hall–Kier alpha value is -1.68. The van der Waals surface area contributed by atoms with Crippen LogP contribution in [0.5, 0.6) is 0 Å². The van der Waals surface area contributed by atoms with Gasteiger partial charge in [0.1, 0.15) is 0 Å². The third-order valence-electron chi connectivity index (χ3n) is 3.85. The summed E-state index contributed by atoms with van der Waals surface area (Å²) in [7, 11) is 2.03. The Kier molecular flexibility index (Phi) is 5.12. The maximum atomic E-state index is 11.2. The summed E-state index contributed by atoms with van der Waals surface area (Å²) in [6.45, 7) is 7.16. The molecule has 1 heterocycles. The molecule has 0 fully saturated rings. The number of aryl methyl sites for hydroxylation is 1. The number of hydrogen-bond donors (Lipinski definition) is 0. The second-order valence-corrected chi connectivity index (χ2v) is 6.46. The van der Waals surface area contributed by atoms with Crippen molar-refractivity contribution in [1.29, 1.82) is 0 Å². The van der Waals surface area contributed by atoms with E-state index in [1.54, 1.807) is 0 Å². The summed E-state index contributed by atoms with van der Waals surface area (Å²) >= 11 is 1.48. The molecule has 112 valence electrons. The van der Waals surface area contributed by atoms with Crippen molar-refractivity contribution in [3.05, 3.63) is 46.0 Å². The molecule has 2 aromatic rings. The van der Waals surface area contributed by atoms with E-state index in [1.165, 1.54) is 22.5 Å². The average Bonchev–Trinajstić information content (AvgIpc) is 2.93. The summed E-state index contributed by atoms with van der Waals surface area (Å²) in [6.07, 6.45) is 1.93. The molecule has 1 unspecified atom stereocenters. The van der Waals surface area contributed by atoms with Gasteiger partial charge >= 0.3 is 0 Å². The molecule has 0 saturated carbocycles. The predicted molar refractivity (Wildman–Crippen MR) is 89.5 cm³/mol. The van der Waals surface area contributed by atoms with Gasteiger partial charge in [0.15, 0.2) is 11.4 Å². The first-order valence-electron chi connectivity index (χ1n) is 7.28. The lowest BCUT2D eigenvalue weighted by atomic mass is 10.0. The van der Waals surface area contributed by atoms with Gasteiger partial charge in [0.05, 0.1) is 10.6 Å². The van der Waals surface area contributed by atoms with Crippen LogP contribution < -0.4 is 4.90 Å². The van der Waals surface area contributed by atoms with E-state index in [1.807, 2.05) is 13.1 Å². The molecule has 2 rings (SSSR count). The topological polar surface area (TPSA) is 33.2 Å². The molecular weight excluding hydrogens is 280 g/mol. The van der Waals surface area contributed by atoms with Crippen LogP contribution in [-0.4, -0.2) is 18.3 Å². The van der Waals surface area contributed by atoms with Crippen LogP contribution in [-0.2, 0) is 6.54 Å². The number of anilines is 1. The highest BCUT2D eigenvalue weighted by Crippen LogP contribution is 2.31. The third-order valence-corrected chi connectivity index (χ3v) is 4.96. The number of carbonyl (C=O) groups excluding carboxylic acids is 1. The minimum Gasteiger partial charge on any atom is -0.347 e. The van der Waals surface area contributed by atoms with Crippen molar-refractivity contribution in [2.24, 2.45) is 0 Å². The van der Waals surface area contributed by atoms with E-state index >= 15 is 0 Å². The van der Waals surface area contributed by atoms with Gasteiger partial charge < -0.3 is 4.90 Å². The van der Waals surface area contributed by atoms with Gasteiger partial charge in [0.2, 0.25) is 0 Å². The van der Waals surface area contributed by atoms with Crippen molar-refractivity contribution >= 4 is 22.8 Å². The summed E-state index contributed by atoms with van der Waals surface area (Å²) in [5.74, 6) is 0.321. The van der Waals surface area contributed by atoms with Crippen molar-refractivity contribution in [1.82, 2.24) is 4.98 Å². The molecule has 0 saturated heterocycles. The first-order valence-corrected chi connectivity index (χ1v) is 8.10. The van der Waals surface area contributed by atoms with Crippen LogP contribution >= 0.6 is 11.3 Å². The van der Waals surface area contributed by atoms with Gasteiger partial charge in [0.25, 0.3) is 0 Å². The summed E-state index contributed by atoms with van der Waals surface area (Å²) in [6, 6.07) is 8.36. The Morgan fingerprint density at radius 2 is 2.10 bits per heavy atom. The average molecular weight is 302 g/mol. The van der Waals surface area contributed by atoms with Crippen molar-refractivity contribution < 1.29 is 4.79 Å². The summed E-state index contributed by atoms with van der Waals surface area (Å²) < 4.78 is 0. The minimum atomic E-state index is 0.321. The standard InChI is InChI=1S/C17H22N2OS/c1-5-12(2)16-15(11-20)21-17(18-16)19(4)10-14-9-7-6-8-13(14)3/h6-9,11-12H,5,10H2,1-4H3. The van der Waals surface area contributed by atoms with E-state index < -0.39 is 0 Å². The van der Waals surface area contributed by atoms with E-state index in [0.717, 1.165) is 35.0 Å². The number of hydrogen-bond acceptors (Lipinski definition) is 4.